The highest BCUT2D eigenvalue weighted by atomic mass is 16.7. The van der Waals surface area contributed by atoms with Gasteiger partial charge in [-0.1, -0.05) is 60.7 Å². The van der Waals surface area contributed by atoms with E-state index in [2.05, 4.69) is 5.10 Å². The highest BCUT2D eigenvalue weighted by Gasteiger charge is 2.41. The number of fused-ring (bicyclic) bond motifs is 1. The van der Waals surface area contributed by atoms with Crippen molar-refractivity contribution < 1.29 is 19.1 Å². The molecular formula is C28H32N4O5. The minimum atomic E-state index is -1.23. The Bertz CT molecular complexity index is 1280. The zero-order valence-corrected chi connectivity index (χ0v) is 21.5. The van der Waals surface area contributed by atoms with Crippen molar-refractivity contribution in [2.24, 2.45) is 5.73 Å². The van der Waals surface area contributed by atoms with Gasteiger partial charge >= 0.3 is 5.97 Å². The molecule has 0 saturated heterocycles. The van der Waals surface area contributed by atoms with E-state index in [0.29, 0.717) is 6.54 Å². The third-order valence-corrected chi connectivity index (χ3v) is 6.37. The van der Waals surface area contributed by atoms with Crippen molar-refractivity contribution in [3.8, 4) is 5.75 Å². The van der Waals surface area contributed by atoms with Gasteiger partial charge in [0.15, 0.2) is 5.69 Å². The molecule has 1 unspecified atom stereocenters. The first kappa shape index (κ1) is 26.1. The zero-order valence-electron chi connectivity index (χ0n) is 21.5. The number of carbonyl (C=O) groups excluding carboxylic acids is 2. The van der Waals surface area contributed by atoms with Crippen molar-refractivity contribution in [1.29, 1.82) is 0 Å². The van der Waals surface area contributed by atoms with Crippen LogP contribution in [0.15, 0.2) is 71.7 Å². The average molecular weight is 505 g/mol. The van der Waals surface area contributed by atoms with E-state index in [9.17, 15) is 14.4 Å². The molecule has 1 aliphatic heterocycles. The molecule has 2 N–H and O–H groups in total. The fraction of sp³-hybridized carbons (Fsp3) is 0.357. The van der Waals surface area contributed by atoms with Gasteiger partial charge in [-0.05, 0) is 38.8 Å². The van der Waals surface area contributed by atoms with Crippen LogP contribution >= 0.6 is 0 Å². The lowest BCUT2D eigenvalue weighted by Crippen LogP contribution is -2.50. The number of hydrogen-bond donors (Lipinski definition) is 1. The number of hydrogen-bond acceptors (Lipinski definition) is 7. The molecule has 9 heteroatoms. The number of esters is 1. The first-order valence-electron chi connectivity index (χ1n) is 12.2. The summed E-state index contributed by atoms with van der Waals surface area (Å²) in [5.41, 5.74) is 6.07. The molecule has 0 saturated carbocycles. The Morgan fingerprint density at radius 2 is 1.62 bits per heavy atom. The van der Waals surface area contributed by atoms with E-state index in [-0.39, 0.29) is 35.4 Å². The number of nitrogens with two attached hydrogens (primary N) is 1. The Labute approximate surface area is 215 Å². The van der Waals surface area contributed by atoms with Crippen LogP contribution in [0.3, 0.4) is 0 Å². The number of carbonyl (C=O) groups is 2. The van der Waals surface area contributed by atoms with E-state index in [1.54, 1.807) is 9.58 Å². The van der Waals surface area contributed by atoms with Gasteiger partial charge in [0.2, 0.25) is 18.0 Å². The highest BCUT2D eigenvalue weighted by Crippen LogP contribution is 2.39. The number of benzene rings is 2. The van der Waals surface area contributed by atoms with Crippen LogP contribution in [0.25, 0.3) is 0 Å². The van der Waals surface area contributed by atoms with Crippen LogP contribution in [0.2, 0.25) is 0 Å². The SMILES string of the molecule is CC(C)N1CC(C(c2ccccc2)c2ccccc2)n2ncc(=O)c(OCOC(=O)C(C)(C)N)c2C1=O. The molecule has 4 rings (SSSR count). The number of rotatable bonds is 8. The molecule has 1 aliphatic rings. The van der Waals surface area contributed by atoms with Gasteiger partial charge in [-0.25, -0.2) is 4.79 Å². The first-order valence-corrected chi connectivity index (χ1v) is 12.2. The average Bonchev–Trinajstić information content (AvgIpc) is 2.87. The van der Waals surface area contributed by atoms with Crippen molar-refractivity contribution in [1.82, 2.24) is 14.7 Å². The van der Waals surface area contributed by atoms with E-state index < -0.39 is 23.7 Å². The predicted molar refractivity (Wildman–Crippen MR) is 138 cm³/mol. The highest BCUT2D eigenvalue weighted by molar-refractivity contribution is 5.96. The molecule has 0 spiro atoms. The third-order valence-electron chi connectivity index (χ3n) is 6.37. The smallest absolute Gasteiger partial charge is 0.328 e. The van der Waals surface area contributed by atoms with Gasteiger partial charge in [0, 0.05) is 18.5 Å². The summed E-state index contributed by atoms with van der Waals surface area (Å²) in [4.78, 5) is 40.3. The van der Waals surface area contributed by atoms with Gasteiger partial charge in [-0.15, -0.1) is 0 Å². The molecule has 0 aliphatic carbocycles. The number of amides is 1. The molecule has 1 aromatic heterocycles. The molecule has 0 bridgehead atoms. The summed E-state index contributed by atoms with van der Waals surface area (Å²) in [5.74, 6) is -1.46. The molecule has 1 atom stereocenters. The maximum Gasteiger partial charge on any atom is 0.328 e. The van der Waals surface area contributed by atoms with Gasteiger partial charge in [0.25, 0.3) is 5.91 Å². The van der Waals surface area contributed by atoms with E-state index in [1.165, 1.54) is 13.8 Å². The second-order valence-electron chi connectivity index (χ2n) is 9.96. The van der Waals surface area contributed by atoms with Crippen molar-refractivity contribution in [3.63, 3.8) is 0 Å². The molecule has 37 heavy (non-hydrogen) atoms. The van der Waals surface area contributed by atoms with Crippen LogP contribution in [0.4, 0.5) is 0 Å². The molecule has 194 valence electrons. The van der Waals surface area contributed by atoms with Crippen LogP contribution in [-0.2, 0) is 9.53 Å². The predicted octanol–water partition coefficient (Wildman–Crippen LogP) is 3.10. The Hall–Kier alpha value is -3.98. The first-order chi connectivity index (χ1) is 17.6. The summed E-state index contributed by atoms with van der Waals surface area (Å²) < 4.78 is 12.3. The molecule has 2 aromatic carbocycles. The van der Waals surface area contributed by atoms with E-state index in [4.69, 9.17) is 15.2 Å². The number of aromatic nitrogens is 2. The molecule has 1 amide bonds. The molecule has 0 radical (unpaired) electrons. The Kier molecular flexibility index (Phi) is 7.45. The number of ether oxygens (including phenoxy) is 2. The summed E-state index contributed by atoms with van der Waals surface area (Å²) in [5, 5.41) is 4.41. The van der Waals surface area contributed by atoms with Crippen LogP contribution in [0.5, 0.6) is 5.75 Å². The minimum Gasteiger partial charge on any atom is -0.451 e. The van der Waals surface area contributed by atoms with E-state index in [1.807, 2.05) is 74.5 Å². The van der Waals surface area contributed by atoms with Gasteiger partial charge in [0.05, 0.1) is 12.2 Å². The van der Waals surface area contributed by atoms with Crippen molar-refractivity contribution in [3.05, 3.63) is 93.9 Å². The van der Waals surface area contributed by atoms with Crippen molar-refractivity contribution in [2.45, 2.75) is 51.2 Å². The zero-order chi connectivity index (χ0) is 26.7. The lowest BCUT2D eigenvalue weighted by Gasteiger charge is -2.41. The van der Waals surface area contributed by atoms with Crippen LogP contribution in [0.1, 0.15) is 61.3 Å². The monoisotopic (exact) mass is 504 g/mol. The van der Waals surface area contributed by atoms with Gasteiger partial charge in [-0.2, -0.15) is 5.10 Å². The summed E-state index contributed by atoms with van der Waals surface area (Å²) in [6.07, 6.45) is 1.13. The number of nitrogens with zero attached hydrogens (tertiary/aromatic N) is 3. The van der Waals surface area contributed by atoms with Crippen LogP contribution in [-0.4, -0.2) is 51.5 Å². The molecule has 0 fully saturated rings. The standard InChI is InChI=1S/C28H32N4O5/c1-18(2)31-16-21(23(19-11-7-5-8-12-19)20-13-9-6-10-14-20)32-24(26(31)34)25(22(33)15-30-32)36-17-37-27(35)28(3,4)29/h5-15,18,21,23H,16-17,29H2,1-4H3. The second-order valence-corrected chi connectivity index (χ2v) is 9.96. The summed E-state index contributed by atoms with van der Waals surface area (Å²) in [7, 11) is 0. The Morgan fingerprint density at radius 1 is 1.05 bits per heavy atom. The maximum absolute atomic E-state index is 13.6. The lowest BCUT2D eigenvalue weighted by atomic mass is 9.83. The maximum atomic E-state index is 13.6. The molecule has 2 heterocycles. The van der Waals surface area contributed by atoms with E-state index >= 15 is 0 Å². The second kappa shape index (κ2) is 10.6. The normalized spacial score (nSPS) is 15.6. The van der Waals surface area contributed by atoms with Crippen LogP contribution in [0, 0.1) is 0 Å². The van der Waals surface area contributed by atoms with Gasteiger partial charge in [-0.3, -0.25) is 14.3 Å². The lowest BCUT2D eigenvalue weighted by molar-refractivity contribution is -0.155. The van der Waals surface area contributed by atoms with Crippen molar-refractivity contribution in [2.75, 3.05) is 13.3 Å². The minimum absolute atomic E-state index is 0.0253. The fourth-order valence-corrected chi connectivity index (χ4v) is 4.51. The van der Waals surface area contributed by atoms with Crippen molar-refractivity contribution >= 4 is 11.9 Å². The molecule has 3 aromatic rings. The largest absolute Gasteiger partial charge is 0.451 e. The van der Waals surface area contributed by atoms with Gasteiger partial charge in [0.1, 0.15) is 5.54 Å². The fourth-order valence-electron chi connectivity index (χ4n) is 4.51. The summed E-state index contributed by atoms with van der Waals surface area (Å²) in [6, 6.07) is 19.5. The topological polar surface area (TPSA) is 117 Å². The molecule has 9 nitrogen and oxygen atoms in total. The van der Waals surface area contributed by atoms with E-state index in [0.717, 1.165) is 17.3 Å². The molecular weight excluding hydrogens is 472 g/mol. The Balaban J connectivity index is 1.83. The van der Waals surface area contributed by atoms with Crippen LogP contribution < -0.4 is 15.9 Å². The summed E-state index contributed by atoms with van der Waals surface area (Å²) in [6.45, 7) is 6.66. The quantitative estimate of drug-likeness (QED) is 0.370. The summed E-state index contributed by atoms with van der Waals surface area (Å²) >= 11 is 0. The van der Waals surface area contributed by atoms with Gasteiger partial charge < -0.3 is 20.1 Å². The Morgan fingerprint density at radius 3 is 2.14 bits per heavy atom. The third kappa shape index (κ3) is 5.41.